The predicted molar refractivity (Wildman–Crippen MR) is 77.6 cm³/mol. The molecule has 19 heavy (non-hydrogen) atoms. The molecule has 0 bridgehead atoms. The van der Waals surface area contributed by atoms with Gasteiger partial charge in [-0.3, -0.25) is 4.90 Å². The lowest BCUT2D eigenvalue weighted by atomic mass is 10.0. The Hall–Kier alpha value is -1.51. The molecular formula is C16H22N2O. The molecule has 0 N–H and O–H groups in total. The normalized spacial score (nSPS) is 19.6. The second kappa shape index (κ2) is 4.87. The highest BCUT2D eigenvalue weighted by Gasteiger charge is 2.33. The van der Waals surface area contributed by atoms with E-state index in [1.54, 1.807) is 0 Å². The summed E-state index contributed by atoms with van der Waals surface area (Å²) >= 11 is 0. The first-order valence-corrected chi connectivity index (χ1v) is 7.31. The SMILES string of the molecule is CC(C)c1ccc(N2CCN(CC3CC3)C2=O)cc1. The second-order valence-electron chi connectivity index (χ2n) is 6.07. The summed E-state index contributed by atoms with van der Waals surface area (Å²) in [5.74, 6) is 1.31. The van der Waals surface area contributed by atoms with Crippen LogP contribution in [0.25, 0.3) is 0 Å². The number of urea groups is 1. The summed E-state index contributed by atoms with van der Waals surface area (Å²) in [6.45, 7) is 7.04. The summed E-state index contributed by atoms with van der Waals surface area (Å²) in [6, 6.07) is 8.61. The number of anilines is 1. The van der Waals surface area contributed by atoms with E-state index in [4.69, 9.17) is 0 Å². The maximum Gasteiger partial charge on any atom is 0.324 e. The average molecular weight is 258 g/mol. The van der Waals surface area contributed by atoms with Gasteiger partial charge < -0.3 is 4.90 Å². The third-order valence-electron chi connectivity index (χ3n) is 4.14. The van der Waals surface area contributed by atoms with Crippen molar-refractivity contribution in [1.82, 2.24) is 4.90 Å². The van der Waals surface area contributed by atoms with Gasteiger partial charge in [-0.25, -0.2) is 4.79 Å². The Morgan fingerprint density at radius 3 is 2.42 bits per heavy atom. The van der Waals surface area contributed by atoms with E-state index < -0.39 is 0 Å². The van der Waals surface area contributed by atoms with Crippen LogP contribution in [0.2, 0.25) is 0 Å². The topological polar surface area (TPSA) is 23.6 Å². The first kappa shape index (κ1) is 12.5. The number of carbonyl (C=O) groups is 1. The van der Waals surface area contributed by atoms with Gasteiger partial charge in [0.25, 0.3) is 0 Å². The highest BCUT2D eigenvalue weighted by Crippen LogP contribution is 2.31. The van der Waals surface area contributed by atoms with Gasteiger partial charge in [0, 0.05) is 25.3 Å². The van der Waals surface area contributed by atoms with E-state index in [1.807, 2.05) is 9.80 Å². The molecule has 1 saturated heterocycles. The number of hydrogen-bond donors (Lipinski definition) is 0. The molecule has 0 spiro atoms. The molecule has 0 atom stereocenters. The van der Waals surface area contributed by atoms with Crippen molar-refractivity contribution in [3.63, 3.8) is 0 Å². The van der Waals surface area contributed by atoms with Crippen molar-refractivity contribution in [2.45, 2.75) is 32.6 Å². The molecule has 2 fully saturated rings. The summed E-state index contributed by atoms with van der Waals surface area (Å²) in [5, 5.41) is 0. The maximum atomic E-state index is 12.3. The van der Waals surface area contributed by atoms with E-state index in [1.165, 1.54) is 18.4 Å². The molecule has 1 aliphatic heterocycles. The molecule has 1 aliphatic carbocycles. The predicted octanol–water partition coefficient (Wildman–Crippen LogP) is 3.46. The lowest BCUT2D eigenvalue weighted by Crippen LogP contribution is -2.33. The molecule has 1 aromatic carbocycles. The van der Waals surface area contributed by atoms with E-state index >= 15 is 0 Å². The Balaban J connectivity index is 1.70. The molecule has 1 saturated carbocycles. The first-order valence-electron chi connectivity index (χ1n) is 7.31. The minimum absolute atomic E-state index is 0.184. The van der Waals surface area contributed by atoms with Gasteiger partial charge in [-0.1, -0.05) is 26.0 Å². The van der Waals surface area contributed by atoms with Gasteiger partial charge in [-0.05, 0) is 42.4 Å². The van der Waals surface area contributed by atoms with Crippen LogP contribution in [-0.2, 0) is 0 Å². The molecule has 3 nitrogen and oxygen atoms in total. The standard InChI is InChI=1S/C16H22N2O/c1-12(2)14-5-7-15(8-6-14)18-10-9-17(16(18)19)11-13-3-4-13/h5-8,12-13H,3-4,9-11H2,1-2H3. The van der Waals surface area contributed by atoms with Gasteiger partial charge in [0.1, 0.15) is 0 Å². The molecule has 2 aliphatic rings. The Morgan fingerprint density at radius 1 is 1.16 bits per heavy atom. The second-order valence-corrected chi connectivity index (χ2v) is 6.07. The summed E-state index contributed by atoms with van der Waals surface area (Å²) in [7, 11) is 0. The van der Waals surface area contributed by atoms with Crippen LogP contribution in [0.5, 0.6) is 0 Å². The summed E-state index contributed by atoms with van der Waals surface area (Å²) in [5.41, 5.74) is 2.36. The molecule has 0 radical (unpaired) electrons. The van der Waals surface area contributed by atoms with Crippen molar-refractivity contribution < 1.29 is 4.79 Å². The van der Waals surface area contributed by atoms with Crippen LogP contribution in [0, 0.1) is 5.92 Å². The highest BCUT2D eigenvalue weighted by atomic mass is 16.2. The molecule has 1 aromatic rings. The van der Waals surface area contributed by atoms with Gasteiger partial charge in [-0.15, -0.1) is 0 Å². The van der Waals surface area contributed by atoms with Gasteiger partial charge in [0.2, 0.25) is 0 Å². The van der Waals surface area contributed by atoms with Crippen LogP contribution in [0.4, 0.5) is 10.5 Å². The van der Waals surface area contributed by atoms with E-state index in [0.717, 1.165) is 31.2 Å². The van der Waals surface area contributed by atoms with Crippen molar-refractivity contribution in [1.29, 1.82) is 0 Å². The maximum absolute atomic E-state index is 12.3. The van der Waals surface area contributed by atoms with Gasteiger partial charge in [-0.2, -0.15) is 0 Å². The van der Waals surface area contributed by atoms with Crippen molar-refractivity contribution in [3.05, 3.63) is 29.8 Å². The third-order valence-corrected chi connectivity index (χ3v) is 4.14. The minimum atomic E-state index is 0.184. The largest absolute Gasteiger partial charge is 0.324 e. The number of amides is 2. The van der Waals surface area contributed by atoms with Gasteiger partial charge in [0.15, 0.2) is 0 Å². The molecular weight excluding hydrogens is 236 g/mol. The zero-order valence-corrected chi connectivity index (χ0v) is 11.8. The van der Waals surface area contributed by atoms with Crippen LogP contribution < -0.4 is 4.90 Å². The summed E-state index contributed by atoms with van der Waals surface area (Å²) in [6.07, 6.45) is 2.60. The number of rotatable bonds is 4. The molecule has 0 unspecified atom stereocenters. The summed E-state index contributed by atoms with van der Waals surface area (Å²) < 4.78 is 0. The molecule has 1 heterocycles. The molecule has 2 amide bonds. The Bertz CT molecular complexity index is 462. The molecule has 3 heteroatoms. The third kappa shape index (κ3) is 2.60. The molecule has 3 rings (SSSR count). The average Bonchev–Trinajstić information content (AvgIpc) is 3.15. The van der Waals surface area contributed by atoms with E-state index in [9.17, 15) is 4.79 Å². The van der Waals surface area contributed by atoms with Crippen molar-refractivity contribution in [3.8, 4) is 0 Å². The zero-order valence-electron chi connectivity index (χ0n) is 11.8. The number of hydrogen-bond acceptors (Lipinski definition) is 1. The van der Waals surface area contributed by atoms with E-state index in [2.05, 4.69) is 38.1 Å². The fourth-order valence-electron chi connectivity index (χ4n) is 2.64. The van der Waals surface area contributed by atoms with Gasteiger partial charge in [0.05, 0.1) is 0 Å². The van der Waals surface area contributed by atoms with E-state index in [-0.39, 0.29) is 6.03 Å². The van der Waals surface area contributed by atoms with Crippen LogP contribution in [-0.4, -0.2) is 30.6 Å². The number of nitrogens with zero attached hydrogens (tertiary/aromatic N) is 2. The smallest absolute Gasteiger partial charge is 0.322 e. The molecule has 0 aromatic heterocycles. The monoisotopic (exact) mass is 258 g/mol. The van der Waals surface area contributed by atoms with Crippen molar-refractivity contribution in [2.24, 2.45) is 5.92 Å². The van der Waals surface area contributed by atoms with Crippen molar-refractivity contribution >= 4 is 11.7 Å². The van der Waals surface area contributed by atoms with Crippen LogP contribution in [0.1, 0.15) is 38.2 Å². The first-order chi connectivity index (χ1) is 9.15. The quantitative estimate of drug-likeness (QED) is 0.811. The zero-order chi connectivity index (χ0) is 13.4. The fraction of sp³-hybridized carbons (Fsp3) is 0.562. The fourth-order valence-corrected chi connectivity index (χ4v) is 2.64. The summed E-state index contributed by atoms with van der Waals surface area (Å²) in [4.78, 5) is 16.3. The Morgan fingerprint density at radius 2 is 1.84 bits per heavy atom. The van der Waals surface area contributed by atoms with Gasteiger partial charge >= 0.3 is 6.03 Å². The highest BCUT2D eigenvalue weighted by molar-refractivity contribution is 5.94. The van der Waals surface area contributed by atoms with Crippen molar-refractivity contribution in [2.75, 3.05) is 24.5 Å². The number of benzene rings is 1. The molecule has 102 valence electrons. The lowest BCUT2D eigenvalue weighted by Gasteiger charge is -2.19. The Labute approximate surface area is 115 Å². The lowest BCUT2D eigenvalue weighted by molar-refractivity contribution is 0.218. The van der Waals surface area contributed by atoms with Crippen LogP contribution >= 0.6 is 0 Å². The van der Waals surface area contributed by atoms with Crippen LogP contribution in [0.15, 0.2) is 24.3 Å². The minimum Gasteiger partial charge on any atom is -0.322 e. The van der Waals surface area contributed by atoms with E-state index in [0.29, 0.717) is 5.92 Å². The Kier molecular flexibility index (Phi) is 3.21. The number of carbonyl (C=O) groups excluding carboxylic acids is 1. The van der Waals surface area contributed by atoms with Crippen LogP contribution in [0.3, 0.4) is 0 Å².